The minimum Gasteiger partial charge on any atom is -0.393 e. The number of esters is 2. The SMILES string of the molecule is CCC1[C@H]2C=C[C@@H]1[C@@H]1C(=O)OC(=O)[C@H]12. The van der Waals surface area contributed by atoms with Gasteiger partial charge in [0, 0.05) is 0 Å². The van der Waals surface area contributed by atoms with Crippen molar-refractivity contribution in [3.05, 3.63) is 12.2 Å². The molecule has 0 aromatic heterocycles. The number of ether oxygens (including phenoxy) is 1. The molecule has 5 atom stereocenters. The zero-order valence-corrected chi connectivity index (χ0v) is 7.97. The Labute approximate surface area is 82.1 Å². The highest BCUT2D eigenvalue weighted by molar-refractivity contribution is 5.98. The summed E-state index contributed by atoms with van der Waals surface area (Å²) in [5.41, 5.74) is 0. The van der Waals surface area contributed by atoms with Crippen molar-refractivity contribution in [1.29, 1.82) is 0 Å². The van der Waals surface area contributed by atoms with Crippen LogP contribution in [0.3, 0.4) is 0 Å². The molecular weight excluding hydrogens is 180 g/mol. The van der Waals surface area contributed by atoms with Crippen molar-refractivity contribution in [2.24, 2.45) is 29.6 Å². The molecule has 0 amide bonds. The molecule has 0 radical (unpaired) electrons. The molecule has 3 heteroatoms. The van der Waals surface area contributed by atoms with Crippen LogP contribution in [0.2, 0.25) is 0 Å². The Morgan fingerprint density at radius 1 is 1.14 bits per heavy atom. The van der Waals surface area contributed by atoms with Gasteiger partial charge in [0.25, 0.3) is 0 Å². The van der Waals surface area contributed by atoms with Gasteiger partial charge in [0.1, 0.15) is 0 Å². The van der Waals surface area contributed by atoms with Gasteiger partial charge in [-0.15, -0.1) is 0 Å². The van der Waals surface area contributed by atoms with Crippen LogP contribution < -0.4 is 0 Å². The molecule has 74 valence electrons. The van der Waals surface area contributed by atoms with E-state index in [-0.39, 0.29) is 35.6 Å². The number of carbonyl (C=O) groups excluding carboxylic acids is 2. The van der Waals surface area contributed by atoms with E-state index < -0.39 is 0 Å². The van der Waals surface area contributed by atoms with Crippen LogP contribution in [0.1, 0.15) is 13.3 Å². The minimum atomic E-state index is -0.296. The monoisotopic (exact) mass is 192 g/mol. The highest BCUT2D eigenvalue weighted by Crippen LogP contribution is 2.56. The molecule has 1 saturated carbocycles. The van der Waals surface area contributed by atoms with Crippen LogP contribution in [-0.2, 0) is 14.3 Å². The first kappa shape index (κ1) is 8.21. The summed E-state index contributed by atoms with van der Waals surface area (Å²) in [7, 11) is 0. The predicted molar refractivity (Wildman–Crippen MR) is 48.0 cm³/mol. The Morgan fingerprint density at radius 2 is 1.64 bits per heavy atom. The Bertz CT molecular complexity index is 314. The summed E-state index contributed by atoms with van der Waals surface area (Å²) in [5.74, 6) is 0.0835. The van der Waals surface area contributed by atoms with Gasteiger partial charge < -0.3 is 4.74 Å². The third kappa shape index (κ3) is 0.740. The Hall–Kier alpha value is -1.12. The molecule has 3 nitrogen and oxygen atoms in total. The fourth-order valence-corrected chi connectivity index (χ4v) is 3.44. The number of carbonyl (C=O) groups is 2. The molecule has 1 heterocycles. The average molecular weight is 192 g/mol. The fraction of sp³-hybridized carbons (Fsp3) is 0.636. The number of cyclic esters (lactones) is 2. The molecule has 0 aromatic rings. The highest BCUT2D eigenvalue weighted by Gasteiger charge is 2.61. The minimum absolute atomic E-state index is 0.164. The number of hydrogen-bond donors (Lipinski definition) is 0. The maximum Gasteiger partial charge on any atom is 0.318 e. The summed E-state index contributed by atoms with van der Waals surface area (Å²) in [4.78, 5) is 22.9. The van der Waals surface area contributed by atoms with Crippen molar-refractivity contribution in [3.63, 3.8) is 0 Å². The molecule has 3 rings (SSSR count). The summed E-state index contributed by atoms with van der Waals surface area (Å²) in [6.45, 7) is 2.12. The van der Waals surface area contributed by atoms with Gasteiger partial charge in [0.05, 0.1) is 11.8 Å². The van der Waals surface area contributed by atoms with Gasteiger partial charge >= 0.3 is 11.9 Å². The largest absolute Gasteiger partial charge is 0.393 e. The number of allylic oxidation sites excluding steroid dienone is 2. The van der Waals surface area contributed by atoms with E-state index in [2.05, 4.69) is 23.8 Å². The molecule has 2 aliphatic carbocycles. The van der Waals surface area contributed by atoms with E-state index in [1.807, 2.05) is 0 Å². The van der Waals surface area contributed by atoms with Gasteiger partial charge in [-0.1, -0.05) is 25.5 Å². The summed E-state index contributed by atoms with van der Waals surface area (Å²) >= 11 is 0. The van der Waals surface area contributed by atoms with Crippen molar-refractivity contribution in [2.45, 2.75) is 13.3 Å². The van der Waals surface area contributed by atoms with E-state index in [1.54, 1.807) is 0 Å². The summed E-state index contributed by atoms with van der Waals surface area (Å²) in [6, 6.07) is 0. The maximum absolute atomic E-state index is 11.4. The molecule has 1 saturated heterocycles. The van der Waals surface area contributed by atoms with Crippen LogP contribution in [-0.4, -0.2) is 11.9 Å². The average Bonchev–Trinajstić information content (AvgIpc) is 2.77. The summed E-state index contributed by atoms with van der Waals surface area (Å²) in [6.07, 6.45) is 5.23. The second-order valence-corrected chi connectivity index (χ2v) is 4.40. The molecule has 0 spiro atoms. The standard InChI is InChI=1S/C11H12O3/c1-2-5-6-3-4-7(5)9-8(6)10(12)14-11(9)13/h3-9H,2H2,1H3/t5?,6-,7+,8-,9-/m0/s1. The number of fused-ring (bicyclic) bond motifs is 5. The Balaban J connectivity index is 2.03. The molecule has 14 heavy (non-hydrogen) atoms. The molecule has 0 N–H and O–H groups in total. The van der Waals surface area contributed by atoms with Gasteiger partial charge in [0.15, 0.2) is 0 Å². The van der Waals surface area contributed by atoms with Crippen LogP contribution in [0.5, 0.6) is 0 Å². The smallest absolute Gasteiger partial charge is 0.318 e. The lowest BCUT2D eigenvalue weighted by atomic mass is 9.85. The van der Waals surface area contributed by atoms with Crippen molar-refractivity contribution in [3.8, 4) is 0 Å². The van der Waals surface area contributed by atoms with Crippen molar-refractivity contribution in [1.82, 2.24) is 0 Å². The van der Waals surface area contributed by atoms with Crippen LogP contribution in [0.25, 0.3) is 0 Å². The zero-order chi connectivity index (χ0) is 9.87. The summed E-state index contributed by atoms with van der Waals surface area (Å²) in [5, 5.41) is 0. The van der Waals surface area contributed by atoms with E-state index >= 15 is 0 Å². The maximum atomic E-state index is 11.4. The highest BCUT2D eigenvalue weighted by atomic mass is 16.6. The van der Waals surface area contributed by atoms with Gasteiger partial charge in [-0.2, -0.15) is 0 Å². The molecule has 1 aliphatic heterocycles. The van der Waals surface area contributed by atoms with Gasteiger partial charge in [0.2, 0.25) is 0 Å². The van der Waals surface area contributed by atoms with E-state index in [9.17, 15) is 9.59 Å². The first-order valence-electron chi connectivity index (χ1n) is 5.18. The van der Waals surface area contributed by atoms with Crippen molar-refractivity contribution in [2.75, 3.05) is 0 Å². The molecule has 2 fully saturated rings. The fourth-order valence-electron chi connectivity index (χ4n) is 3.44. The van der Waals surface area contributed by atoms with E-state index in [0.717, 1.165) is 6.42 Å². The predicted octanol–water partition coefficient (Wildman–Crippen LogP) is 1.14. The van der Waals surface area contributed by atoms with E-state index in [4.69, 9.17) is 0 Å². The summed E-state index contributed by atoms with van der Waals surface area (Å²) < 4.78 is 4.68. The topological polar surface area (TPSA) is 43.4 Å². The first-order chi connectivity index (χ1) is 6.74. The Morgan fingerprint density at radius 3 is 2.07 bits per heavy atom. The molecule has 2 bridgehead atoms. The second kappa shape index (κ2) is 2.47. The lowest BCUT2D eigenvalue weighted by molar-refractivity contribution is -0.155. The third-order valence-electron chi connectivity index (χ3n) is 3.98. The van der Waals surface area contributed by atoms with Gasteiger partial charge in [-0.25, -0.2) is 0 Å². The quantitative estimate of drug-likeness (QED) is 0.355. The van der Waals surface area contributed by atoms with Crippen LogP contribution >= 0.6 is 0 Å². The van der Waals surface area contributed by atoms with Crippen molar-refractivity contribution >= 4 is 11.9 Å². The lowest BCUT2D eigenvalue weighted by Gasteiger charge is -2.14. The first-order valence-corrected chi connectivity index (χ1v) is 5.18. The third-order valence-corrected chi connectivity index (χ3v) is 3.98. The zero-order valence-electron chi connectivity index (χ0n) is 7.97. The molecule has 3 aliphatic rings. The Kier molecular flexibility index (Phi) is 1.45. The molecule has 1 unspecified atom stereocenters. The lowest BCUT2D eigenvalue weighted by Crippen LogP contribution is -2.21. The van der Waals surface area contributed by atoms with Gasteiger partial charge in [-0.3, -0.25) is 9.59 Å². The van der Waals surface area contributed by atoms with Crippen LogP contribution in [0.4, 0.5) is 0 Å². The molecular formula is C11H12O3. The van der Waals surface area contributed by atoms with Crippen molar-refractivity contribution < 1.29 is 14.3 Å². The van der Waals surface area contributed by atoms with Crippen LogP contribution in [0.15, 0.2) is 12.2 Å². The molecule has 0 aromatic carbocycles. The second-order valence-electron chi connectivity index (χ2n) is 4.40. The normalized spacial score (nSPS) is 48.5. The van der Waals surface area contributed by atoms with Gasteiger partial charge in [-0.05, 0) is 17.8 Å². The number of rotatable bonds is 1. The van der Waals surface area contributed by atoms with E-state index in [1.165, 1.54) is 0 Å². The van der Waals surface area contributed by atoms with Crippen LogP contribution in [0, 0.1) is 29.6 Å². The number of hydrogen-bond acceptors (Lipinski definition) is 3. The van der Waals surface area contributed by atoms with E-state index in [0.29, 0.717) is 5.92 Å².